The van der Waals surface area contributed by atoms with E-state index in [2.05, 4.69) is 4.72 Å². The predicted octanol–water partition coefficient (Wildman–Crippen LogP) is 2.10. The van der Waals surface area contributed by atoms with Gasteiger partial charge >= 0.3 is 0 Å². The molecule has 112 valence electrons. The molecule has 0 fully saturated rings. The molecule has 0 atom stereocenters. The first-order valence-corrected chi connectivity index (χ1v) is 7.86. The SMILES string of the molecule is Cc1ccccc1CNS(=O)(=O)c1ccc(F)c(CO)c1. The van der Waals surface area contributed by atoms with Crippen molar-refractivity contribution < 1.29 is 17.9 Å². The van der Waals surface area contributed by atoms with E-state index in [4.69, 9.17) is 5.11 Å². The summed E-state index contributed by atoms with van der Waals surface area (Å²) in [5, 5.41) is 9.00. The van der Waals surface area contributed by atoms with Gasteiger partial charge in [-0.25, -0.2) is 17.5 Å². The Labute approximate surface area is 123 Å². The van der Waals surface area contributed by atoms with E-state index in [1.54, 1.807) is 0 Å². The number of aryl methyl sites for hydroxylation is 1. The van der Waals surface area contributed by atoms with E-state index in [0.717, 1.165) is 23.3 Å². The molecule has 2 aromatic rings. The van der Waals surface area contributed by atoms with Crippen LogP contribution in [0.1, 0.15) is 16.7 Å². The van der Waals surface area contributed by atoms with E-state index in [9.17, 15) is 12.8 Å². The van der Waals surface area contributed by atoms with Crippen molar-refractivity contribution >= 4 is 10.0 Å². The van der Waals surface area contributed by atoms with Gasteiger partial charge in [-0.3, -0.25) is 0 Å². The van der Waals surface area contributed by atoms with Crippen LogP contribution in [0.5, 0.6) is 0 Å². The second-order valence-electron chi connectivity index (χ2n) is 4.66. The van der Waals surface area contributed by atoms with Crippen LogP contribution < -0.4 is 4.72 Å². The maximum absolute atomic E-state index is 13.3. The molecule has 0 aliphatic heterocycles. The van der Waals surface area contributed by atoms with Crippen molar-refractivity contribution in [3.05, 3.63) is 65.0 Å². The van der Waals surface area contributed by atoms with Gasteiger partial charge in [0.25, 0.3) is 0 Å². The zero-order valence-corrected chi connectivity index (χ0v) is 12.3. The van der Waals surface area contributed by atoms with Gasteiger partial charge in [0.2, 0.25) is 10.0 Å². The van der Waals surface area contributed by atoms with E-state index in [0.29, 0.717) is 0 Å². The Balaban J connectivity index is 2.21. The summed E-state index contributed by atoms with van der Waals surface area (Å²) in [6.45, 7) is 1.50. The first-order chi connectivity index (χ1) is 9.94. The molecule has 2 aromatic carbocycles. The Hall–Kier alpha value is -1.76. The second kappa shape index (κ2) is 6.34. The van der Waals surface area contributed by atoms with Gasteiger partial charge < -0.3 is 5.11 Å². The van der Waals surface area contributed by atoms with Crippen molar-refractivity contribution in [3.63, 3.8) is 0 Å². The number of rotatable bonds is 5. The van der Waals surface area contributed by atoms with Crippen molar-refractivity contribution in [2.24, 2.45) is 0 Å². The average molecular weight is 309 g/mol. The number of sulfonamides is 1. The second-order valence-corrected chi connectivity index (χ2v) is 6.43. The normalized spacial score (nSPS) is 11.6. The van der Waals surface area contributed by atoms with Crippen LogP contribution in [0.15, 0.2) is 47.4 Å². The van der Waals surface area contributed by atoms with Crippen molar-refractivity contribution in [2.75, 3.05) is 0 Å². The lowest BCUT2D eigenvalue weighted by Gasteiger charge is -2.10. The van der Waals surface area contributed by atoms with Crippen LogP contribution in [0.2, 0.25) is 0 Å². The minimum Gasteiger partial charge on any atom is -0.392 e. The van der Waals surface area contributed by atoms with Crippen molar-refractivity contribution in [3.8, 4) is 0 Å². The fourth-order valence-corrected chi connectivity index (χ4v) is 2.96. The molecule has 4 nitrogen and oxygen atoms in total. The average Bonchev–Trinajstić information content (AvgIpc) is 2.46. The summed E-state index contributed by atoms with van der Waals surface area (Å²) < 4.78 is 40.1. The van der Waals surface area contributed by atoms with Crippen LogP contribution >= 0.6 is 0 Å². The van der Waals surface area contributed by atoms with Gasteiger partial charge in [-0.2, -0.15) is 0 Å². The van der Waals surface area contributed by atoms with Gasteiger partial charge in [-0.05, 0) is 36.2 Å². The third-order valence-electron chi connectivity index (χ3n) is 3.21. The fraction of sp³-hybridized carbons (Fsp3) is 0.200. The molecule has 6 heteroatoms. The molecular weight excluding hydrogens is 293 g/mol. The Morgan fingerprint density at radius 2 is 1.86 bits per heavy atom. The number of nitrogens with one attached hydrogen (secondary N) is 1. The Morgan fingerprint density at radius 1 is 1.14 bits per heavy atom. The van der Waals surface area contributed by atoms with Gasteiger partial charge in [0, 0.05) is 12.1 Å². The molecule has 0 amide bonds. The monoisotopic (exact) mass is 309 g/mol. The van der Waals surface area contributed by atoms with Gasteiger partial charge in [-0.1, -0.05) is 24.3 Å². The first kappa shape index (κ1) is 15.6. The molecule has 2 N–H and O–H groups in total. The predicted molar refractivity (Wildman–Crippen MR) is 77.5 cm³/mol. The number of aliphatic hydroxyl groups excluding tert-OH is 1. The van der Waals surface area contributed by atoms with Gasteiger partial charge in [0.05, 0.1) is 11.5 Å². The van der Waals surface area contributed by atoms with Gasteiger partial charge in [-0.15, -0.1) is 0 Å². The third-order valence-corrected chi connectivity index (χ3v) is 4.61. The Kier molecular flexibility index (Phi) is 4.72. The zero-order chi connectivity index (χ0) is 15.5. The lowest BCUT2D eigenvalue weighted by atomic mass is 10.1. The molecule has 0 radical (unpaired) electrons. The topological polar surface area (TPSA) is 66.4 Å². The van der Waals surface area contributed by atoms with Crippen LogP contribution in [0.3, 0.4) is 0 Å². The highest BCUT2D eigenvalue weighted by molar-refractivity contribution is 7.89. The van der Waals surface area contributed by atoms with Gasteiger partial charge in [0.15, 0.2) is 0 Å². The largest absolute Gasteiger partial charge is 0.392 e. The van der Waals surface area contributed by atoms with E-state index in [1.807, 2.05) is 31.2 Å². The van der Waals surface area contributed by atoms with Gasteiger partial charge in [0.1, 0.15) is 5.82 Å². The summed E-state index contributed by atoms with van der Waals surface area (Å²) in [6, 6.07) is 10.8. The molecule has 0 aliphatic carbocycles. The minimum atomic E-state index is -3.75. The summed E-state index contributed by atoms with van der Waals surface area (Å²) in [4.78, 5) is -0.0680. The molecule has 0 aromatic heterocycles. The summed E-state index contributed by atoms with van der Waals surface area (Å²) in [5.74, 6) is -0.629. The third kappa shape index (κ3) is 3.66. The molecule has 0 unspecified atom stereocenters. The van der Waals surface area contributed by atoms with Crippen LogP contribution in [0.4, 0.5) is 4.39 Å². The number of hydrogen-bond donors (Lipinski definition) is 2. The summed E-state index contributed by atoms with van der Waals surface area (Å²) >= 11 is 0. The molecule has 0 saturated heterocycles. The smallest absolute Gasteiger partial charge is 0.240 e. The molecule has 21 heavy (non-hydrogen) atoms. The molecule has 0 spiro atoms. The zero-order valence-electron chi connectivity index (χ0n) is 11.5. The highest BCUT2D eigenvalue weighted by Crippen LogP contribution is 2.16. The molecule has 0 saturated carbocycles. The standard InChI is InChI=1S/C15H16FNO3S/c1-11-4-2-3-5-12(11)9-17-21(19,20)14-6-7-15(16)13(8-14)10-18/h2-8,17-18H,9-10H2,1H3. The summed E-state index contributed by atoms with van der Waals surface area (Å²) in [6.07, 6.45) is 0. The highest BCUT2D eigenvalue weighted by Gasteiger charge is 2.16. The summed E-state index contributed by atoms with van der Waals surface area (Å²) in [7, 11) is -3.75. The number of benzene rings is 2. The van der Waals surface area contributed by atoms with Crippen LogP contribution in [-0.4, -0.2) is 13.5 Å². The van der Waals surface area contributed by atoms with E-state index >= 15 is 0 Å². The van der Waals surface area contributed by atoms with Crippen molar-refractivity contribution in [1.82, 2.24) is 4.72 Å². The Morgan fingerprint density at radius 3 is 2.52 bits per heavy atom. The fourth-order valence-electron chi connectivity index (χ4n) is 1.90. The van der Waals surface area contributed by atoms with E-state index in [-0.39, 0.29) is 17.0 Å². The molecule has 2 rings (SSSR count). The highest BCUT2D eigenvalue weighted by atomic mass is 32.2. The van der Waals surface area contributed by atoms with Crippen molar-refractivity contribution in [2.45, 2.75) is 25.0 Å². The van der Waals surface area contributed by atoms with Crippen LogP contribution in [0, 0.1) is 12.7 Å². The quantitative estimate of drug-likeness (QED) is 0.889. The maximum Gasteiger partial charge on any atom is 0.240 e. The van der Waals surface area contributed by atoms with Crippen LogP contribution in [0.25, 0.3) is 0 Å². The van der Waals surface area contributed by atoms with Crippen LogP contribution in [-0.2, 0) is 23.2 Å². The Bertz CT molecular complexity index is 744. The lowest BCUT2D eigenvalue weighted by molar-refractivity contribution is 0.275. The number of hydrogen-bond acceptors (Lipinski definition) is 3. The molecule has 0 aliphatic rings. The molecule has 0 heterocycles. The minimum absolute atomic E-state index is 0.0474. The molecule has 0 bridgehead atoms. The maximum atomic E-state index is 13.3. The summed E-state index contributed by atoms with van der Waals surface area (Å²) in [5.41, 5.74) is 1.80. The lowest BCUT2D eigenvalue weighted by Crippen LogP contribution is -2.23. The molecular formula is C15H16FNO3S. The first-order valence-electron chi connectivity index (χ1n) is 6.37. The van der Waals surface area contributed by atoms with Crippen molar-refractivity contribution in [1.29, 1.82) is 0 Å². The number of halogens is 1. The van der Waals surface area contributed by atoms with E-state index in [1.165, 1.54) is 6.07 Å². The number of aliphatic hydroxyl groups is 1. The van der Waals surface area contributed by atoms with E-state index < -0.39 is 22.4 Å².